The number of carboxylic acid groups (broad SMARTS) is 2. The zero-order valence-corrected chi connectivity index (χ0v) is 18.0. The predicted molar refractivity (Wildman–Crippen MR) is 119 cm³/mol. The van der Waals surface area contributed by atoms with Gasteiger partial charge in [0.25, 0.3) is 5.91 Å². The van der Waals surface area contributed by atoms with Crippen LogP contribution >= 0.6 is 11.6 Å². The number of aliphatic carboxylic acids is 1. The van der Waals surface area contributed by atoms with Gasteiger partial charge in [0, 0.05) is 17.1 Å². The summed E-state index contributed by atoms with van der Waals surface area (Å²) in [5.74, 6) is -3.45. The maximum absolute atomic E-state index is 12.6. The Morgan fingerprint density at radius 2 is 1.78 bits per heavy atom. The average Bonchev–Trinajstić information content (AvgIpc) is 3.25. The number of nitrogens with one attached hydrogen (secondary N) is 2. The predicted octanol–water partition coefficient (Wildman–Crippen LogP) is 3.88. The molecule has 0 fully saturated rings. The van der Waals surface area contributed by atoms with Gasteiger partial charge in [-0.25, -0.2) is 4.79 Å². The van der Waals surface area contributed by atoms with Gasteiger partial charge < -0.3 is 15.5 Å². The molecule has 0 saturated carbocycles. The van der Waals surface area contributed by atoms with Crippen LogP contribution in [0.1, 0.15) is 39.9 Å². The smallest absolute Gasteiger partial charge is 0.353 e. The number of aromatic nitrogens is 2. The van der Waals surface area contributed by atoms with Crippen LogP contribution in [0.5, 0.6) is 0 Å². The Kier molecular flexibility index (Phi) is 7.27. The van der Waals surface area contributed by atoms with E-state index in [9.17, 15) is 19.5 Å². The lowest BCUT2D eigenvalue weighted by Crippen LogP contribution is -2.38. The summed E-state index contributed by atoms with van der Waals surface area (Å²) in [4.78, 5) is 34.9. The molecule has 2 aromatic carbocycles. The van der Waals surface area contributed by atoms with Crippen molar-refractivity contribution in [2.45, 2.75) is 25.8 Å². The van der Waals surface area contributed by atoms with Crippen LogP contribution in [0.4, 0.5) is 0 Å². The molecule has 0 radical (unpaired) electrons. The van der Waals surface area contributed by atoms with E-state index in [0.717, 1.165) is 22.8 Å². The van der Waals surface area contributed by atoms with Crippen molar-refractivity contribution in [1.82, 2.24) is 15.5 Å². The lowest BCUT2D eigenvalue weighted by Gasteiger charge is -2.20. The number of halogens is 1. The molecule has 2 atom stereocenters. The van der Waals surface area contributed by atoms with Crippen molar-refractivity contribution in [3.63, 3.8) is 0 Å². The van der Waals surface area contributed by atoms with Crippen LogP contribution in [0.25, 0.3) is 11.1 Å². The van der Waals surface area contributed by atoms with Crippen LogP contribution in [-0.4, -0.2) is 44.3 Å². The third-order valence-corrected chi connectivity index (χ3v) is 5.26. The van der Waals surface area contributed by atoms with Crippen LogP contribution in [0.15, 0.2) is 54.6 Å². The van der Waals surface area contributed by atoms with E-state index >= 15 is 0 Å². The first-order valence-electron chi connectivity index (χ1n) is 9.90. The third-order valence-electron chi connectivity index (χ3n) is 5.03. The zero-order chi connectivity index (χ0) is 23.3. The summed E-state index contributed by atoms with van der Waals surface area (Å²) in [6, 6.07) is 15.8. The Labute approximate surface area is 189 Å². The molecule has 32 heavy (non-hydrogen) atoms. The van der Waals surface area contributed by atoms with E-state index in [4.69, 9.17) is 16.7 Å². The summed E-state index contributed by atoms with van der Waals surface area (Å²) in [5, 5.41) is 27.7. The van der Waals surface area contributed by atoms with Gasteiger partial charge in [-0.1, -0.05) is 54.9 Å². The SMILES string of the molecule is C[C@H](C[C@@H](Cc1ccc(-c2cccc(Cl)c2)cc1)NC(=O)c1cc(C(=O)O)[nH]n1)C(=O)O. The molecule has 9 heteroatoms. The third kappa shape index (κ3) is 5.95. The summed E-state index contributed by atoms with van der Waals surface area (Å²) in [6.07, 6.45) is 0.600. The molecule has 4 N–H and O–H groups in total. The number of H-pyrrole nitrogens is 1. The molecule has 1 amide bonds. The second-order valence-corrected chi connectivity index (χ2v) is 7.97. The van der Waals surface area contributed by atoms with Crippen molar-refractivity contribution in [2.75, 3.05) is 0 Å². The number of carbonyl (C=O) groups is 3. The molecule has 0 spiro atoms. The van der Waals surface area contributed by atoms with E-state index in [1.165, 1.54) is 0 Å². The minimum atomic E-state index is -1.23. The Balaban J connectivity index is 1.75. The molecular weight excluding hydrogens is 434 g/mol. The minimum absolute atomic E-state index is 0.0771. The fourth-order valence-electron chi connectivity index (χ4n) is 3.31. The van der Waals surface area contributed by atoms with Crippen molar-refractivity contribution in [3.05, 3.63) is 76.6 Å². The van der Waals surface area contributed by atoms with Crippen molar-refractivity contribution >= 4 is 29.4 Å². The maximum atomic E-state index is 12.6. The summed E-state index contributed by atoms with van der Waals surface area (Å²) >= 11 is 6.06. The Bertz CT molecular complexity index is 1130. The minimum Gasteiger partial charge on any atom is -0.481 e. The summed E-state index contributed by atoms with van der Waals surface area (Å²) in [7, 11) is 0. The summed E-state index contributed by atoms with van der Waals surface area (Å²) in [5.41, 5.74) is 2.58. The van der Waals surface area contributed by atoms with E-state index in [1.54, 1.807) is 13.0 Å². The van der Waals surface area contributed by atoms with Gasteiger partial charge >= 0.3 is 11.9 Å². The number of aromatic amines is 1. The Morgan fingerprint density at radius 1 is 1.06 bits per heavy atom. The molecule has 0 unspecified atom stereocenters. The number of amides is 1. The zero-order valence-electron chi connectivity index (χ0n) is 17.2. The molecule has 1 aromatic heterocycles. The molecule has 1 heterocycles. The molecule has 0 aliphatic carbocycles. The first-order chi connectivity index (χ1) is 15.2. The highest BCUT2D eigenvalue weighted by Crippen LogP contribution is 2.23. The summed E-state index contributed by atoms with van der Waals surface area (Å²) < 4.78 is 0. The van der Waals surface area contributed by atoms with Crippen LogP contribution in [0.2, 0.25) is 5.02 Å². The number of hydrogen-bond acceptors (Lipinski definition) is 4. The Hall–Kier alpha value is -3.65. The number of rotatable bonds is 9. The molecule has 0 aliphatic heterocycles. The number of hydrogen-bond donors (Lipinski definition) is 4. The molecule has 3 rings (SSSR count). The number of aromatic carboxylic acids is 1. The molecule has 0 saturated heterocycles. The van der Waals surface area contributed by atoms with Gasteiger partial charge in [-0.15, -0.1) is 0 Å². The second kappa shape index (κ2) is 10.1. The highest BCUT2D eigenvalue weighted by atomic mass is 35.5. The van der Waals surface area contributed by atoms with Gasteiger partial charge in [0.05, 0.1) is 5.92 Å². The van der Waals surface area contributed by atoms with Gasteiger partial charge in [0.1, 0.15) is 5.69 Å². The van der Waals surface area contributed by atoms with Crippen LogP contribution in [0, 0.1) is 5.92 Å². The van der Waals surface area contributed by atoms with E-state index in [2.05, 4.69) is 15.5 Å². The first kappa shape index (κ1) is 23.0. The molecule has 8 nitrogen and oxygen atoms in total. The van der Waals surface area contributed by atoms with Gasteiger partial charge in [-0.2, -0.15) is 5.10 Å². The average molecular weight is 456 g/mol. The van der Waals surface area contributed by atoms with E-state index in [1.807, 2.05) is 42.5 Å². The van der Waals surface area contributed by atoms with E-state index < -0.39 is 29.8 Å². The van der Waals surface area contributed by atoms with Gasteiger partial charge in [-0.05, 0) is 41.7 Å². The lowest BCUT2D eigenvalue weighted by molar-refractivity contribution is -0.141. The summed E-state index contributed by atoms with van der Waals surface area (Å²) in [6.45, 7) is 1.57. The maximum Gasteiger partial charge on any atom is 0.353 e. The molecular formula is C23H22ClN3O5. The van der Waals surface area contributed by atoms with E-state index in [-0.39, 0.29) is 17.8 Å². The molecule has 166 valence electrons. The highest BCUT2D eigenvalue weighted by Gasteiger charge is 2.23. The van der Waals surface area contributed by atoms with E-state index in [0.29, 0.717) is 11.4 Å². The van der Waals surface area contributed by atoms with Crippen LogP contribution < -0.4 is 5.32 Å². The molecule has 0 aliphatic rings. The van der Waals surface area contributed by atoms with Crippen molar-refractivity contribution in [2.24, 2.45) is 5.92 Å². The highest BCUT2D eigenvalue weighted by molar-refractivity contribution is 6.30. The monoisotopic (exact) mass is 455 g/mol. The van der Waals surface area contributed by atoms with Crippen molar-refractivity contribution in [1.29, 1.82) is 0 Å². The van der Waals surface area contributed by atoms with Crippen molar-refractivity contribution < 1.29 is 24.6 Å². The first-order valence-corrected chi connectivity index (χ1v) is 10.3. The fraction of sp³-hybridized carbons (Fsp3) is 0.217. The number of carbonyl (C=O) groups excluding carboxylic acids is 1. The van der Waals surface area contributed by atoms with Crippen molar-refractivity contribution in [3.8, 4) is 11.1 Å². The number of nitrogens with zero attached hydrogens (tertiary/aromatic N) is 1. The van der Waals surface area contributed by atoms with Crippen LogP contribution in [0.3, 0.4) is 0 Å². The number of benzene rings is 2. The topological polar surface area (TPSA) is 132 Å². The fourth-order valence-corrected chi connectivity index (χ4v) is 3.50. The van der Waals surface area contributed by atoms with Gasteiger partial charge in [0.15, 0.2) is 5.69 Å². The normalized spacial score (nSPS) is 12.7. The largest absolute Gasteiger partial charge is 0.481 e. The standard InChI is InChI=1S/C23H22ClN3O5/c1-13(22(29)30)9-18(25-21(28)19-12-20(23(31)32)27-26-19)10-14-5-7-15(8-6-14)16-3-2-4-17(24)11-16/h2-8,11-13,18H,9-10H2,1H3,(H,25,28)(H,26,27)(H,29,30)(H,31,32)/t13-,18+/m1/s1. The molecule has 0 bridgehead atoms. The number of carboxylic acids is 2. The lowest BCUT2D eigenvalue weighted by atomic mass is 9.95. The molecule has 3 aromatic rings. The Morgan fingerprint density at radius 3 is 2.38 bits per heavy atom. The van der Waals surface area contributed by atoms with Crippen LogP contribution in [-0.2, 0) is 11.2 Å². The quantitative estimate of drug-likeness (QED) is 0.387. The van der Waals surface area contributed by atoms with Gasteiger partial charge in [0.2, 0.25) is 0 Å². The van der Waals surface area contributed by atoms with Gasteiger partial charge in [-0.3, -0.25) is 14.7 Å². The second-order valence-electron chi connectivity index (χ2n) is 7.53.